The second-order valence-electron chi connectivity index (χ2n) is 8.96. The van der Waals surface area contributed by atoms with Gasteiger partial charge in [0.15, 0.2) is 5.11 Å². The van der Waals surface area contributed by atoms with Crippen molar-refractivity contribution < 1.29 is 9.26 Å². The summed E-state index contributed by atoms with van der Waals surface area (Å²) in [7, 11) is 0. The fourth-order valence-electron chi connectivity index (χ4n) is 4.36. The van der Waals surface area contributed by atoms with E-state index in [9.17, 15) is 0 Å². The lowest BCUT2D eigenvalue weighted by Gasteiger charge is -2.37. The molecule has 0 bridgehead atoms. The van der Waals surface area contributed by atoms with Gasteiger partial charge in [-0.3, -0.25) is 0 Å². The van der Waals surface area contributed by atoms with Crippen molar-refractivity contribution in [2.75, 3.05) is 13.2 Å². The molecule has 1 N–H and O–H groups in total. The lowest BCUT2D eigenvalue weighted by molar-refractivity contribution is 0.340. The van der Waals surface area contributed by atoms with E-state index in [-0.39, 0.29) is 6.04 Å². The molecule has 35 heavy (non-hydrogen) atoms. The fourth-order valence-corrected chi connectivity index (χ4v) is 4.70. The Hall–Kier alpha value is -3.19. The molecule has 184 valence electrons. The lowest BCUT2D eigenvalue weighted by Crippen LogP contribution is -2.46. The predicted molar refractivity (Wildman–Crippen MR) is 144 cm³/mol. The molecule has 0 saturated heterocycles. The molecule has 2 heterocycles. The summed E-state index contributed by atoms with van der Waals surface area (Å²) in [6, 6.07) is 14.1. The van der Waals surface area contributed by atoms with Gasteiger partial charge in [-0.15, -0.1) is 0 Å². The molecule has 7 heteroatoms. The molecule has 1 atom stereocenters. The highest BCUT2D eigenvalue weighted by atomic mass is 32.1. The SMILES string of the molecule is CCCCCN1C(=S)NC(c2ccc(C)c(C)c2)C(c2nc(-c3ccc(OCC)cc3)no2)=C1C. The van der Waals surface area contributed by atoms with Crippen molar-refractivity contribution in [3.8, 4) is 17.1 Å². The number of aryl methyl sites for hydroxylation is 2. The molecular formula is C28H34N4O2S. The third kappa shape index (κ3) is 5.40. The standard InChI is InChI=1S/C28H34N4O2S/c1-6-8-9-16-32-20(5)24(25(29-28(32)35)22-11-10-18(3)19(4)17-22)27-30-26(31-34-27)21-12-14-23(15-13-21)33-7-2/h10-15,17,25H,6-9,16H2,1-5H3,(H,29,35). The van der Waals surface area contributed by atoms with Gasteiger partial charge in [-0.25, -0.2) is 0 Å². The first-order valence-corrected chi connectivity index (χ1v) is 12.8. The van der Waals surface area contributed by atoms with Crippen LogP contribution in [0.1, 0.15) is 68.7 Å². The van der Waals surface area contributed by atoms with Gasteiger partial charge < -0.3 is 19.5 Å². The number of benzene rings is 2. The summed E-state index contributed by atoms with van der Waals surface area (Å²) >= 11 is 5.81. The van der Waals surface area contributed by atoms with E-state index >= 15 is 0 Å². The van der Waals surface area contributed by atoms with Gasteiger partial charge in [-0.05, 0) is 87.3 Å². The van der Waals surface area contributed by atoms with Crippen LogP contribution in [-0.4, -0.2) is 33.3 Å². The van der Waals surface area contributed by atoms with Gasteiger partial charge in [0.25, 0.3) is 5.89 Å². The van der Waals surface area contributed by atoms with Crippen molar-refractivity contribution >= 4 is 22.9 Å². The number of aromatic nitrogens is 2. The topological polar surface area (TPSA) is 63.4 Å². The molecule has 0 amide bonds. The highest BCUT2D eigenvalue weighted by molar-refractivity contribution is 7.80. The molecule has 3 aromatic rings. The largest absolute Gasteiger partial charge is 0.494 e. The molecular weight excluding hydrogens is 456 g/mol. The van der Waals surface area contributed by atoms with E-state index in [0.717, 1.165) is 59.1 Å². The Labute approximate surface area is 213 Å². The molecule has 0 radical (unpaired) electrons. The number of rotatable bonds is 9. The van der Waals surface area contributed by atoms with Crippen LogP contribution in [-0.2, 0) is 0 Å². The van der Waals surface area contributed by atoms with E-state index in [1.165, 1.54) is 11.1 Å². The van der Waals surface area contributed by atoms with Crippen LogP contribution in [0.2, 0.25) is 0 Å². The summed E-state index contributed by atoms with van der Waals surface area (Å²) in [4.78, 5) is 6.98. The minimum atomic E-state index is -0.169. The van der Waals surface area contributed by atoms with Gasteiger partial charge in [-0.2, -0.15) is 4.98 Å². The maximum absolute atomic E-state index is 5.86. The molecule has 2 aromatic carbocycles. The first kappa shape index (κ1) is 24.9. The molecule has 0 spiro atoms. The third-order valence-corrected chi connectivity index (χ3v) is 6.86. The smallest absolute Gasteiger partial charge is 0.258 e. The van der Waals surface area contributed by atoms with Gasteiger partial charge in [0.2, 0.25) is 5.82 Å². The monoisotopic (exact) mass is 490 g/mol. The van der Waals surface area contributed by atoms with Crippen molar-refractivity contribution in [2.24, 2.45) is 0 Å². The Morgan fingerprint density at radius 2 is 1.80 bits per heavy atom. The number of ether oxygens (including phenoxy) is 1. The summed E-state index contributed by atoms with van der Waals surface area (Å²) in [6.45, 7) is 12.0. The van der Waals surface area contributed by atoms with Crippen LogP contribution < -0.4 is 10.1 Å². The second kappa shape index (κ2) is 11.0. The normalized spacial score (nSPS) is 16.0. The van der Waals surface area contributed by atoms with Gasteiger partial charge in [0.1, 0.15) is 5.75 Å². The second-order valence-corrected chi connectivity index (χ2v) is 9.35. The zero-order valence-electron chi connectivity index (χ0n) is 21.2. The number of thiocarbonyl (C=S) groups is 1. The van der Waals surface area contributed by atoms with Crippen molar-refractivity contribution in [3.05, 3.63) is 70.7 Å². The van der Waals surface area contributed by atoms with Crippen molar-refractivity contribution in [2.45, 2.75) is 59.9 Å². The molecule has 0 fully saturated rings. The average molecular weight is 491 g/mol. The van der Waals surface area contributed by atoms with Crippen molar-refractivity contribution in [3.63, 3.8) is 0 Å². The van der Waals surface area contributed by atoms with Gasteiger partial charge >= 0.3 is 0 Å². The molecule has 1 aromatic heterocycles. The van der Waals surface area contributed by atoms with Crippen molar-refractivity contribution in [1.29, 1.82) is 0 Å². The van der Waals surface area contributed by atoms with Crippen LogP contribution in [0, 0.1) is 13.8 Å². The number of nitrogens with one attached hydrogen (secondary N) is 1. The summed E-state index contributed by atoms with van der Waals surface area (Å²) in [5, 5.41) is 8.61. The maximum Gasteiger partial charge on any atom is 0.258 e. The predicted octanol–water partition coefficient (Wildman–Crippen LogP) is 6.60. The van der Waals surface area contributed by atoms with Crippen LogP contribution in [0.5, 0.6) is 5.75 Å². The molecule has 0 aliphatic carbocycles. The number of hydrogen-bond acceptors (Lipinski definition) is 5. The van der Waals surface area contributed by atoms with Crippen LogP contribution in [0.3, 0.4) is 0 Å². The van der Waals surface area contributed by atoms with Crippen LogP contribution in [0.25, 0.3) is 17.0 Å². The van der Waals surface area contributed by atoms with E-state index in [1.807, 2.05) is 31.2 Å². The Balaban J connectivity index is 1.74. The summed E-state index contributed by atoms with van der Waals surface area (Å²) < 4.78 is 11.4. The zero-order valence-corrected chi connectivity index (χ0v) is 22.0. The van der Waals surface area contributed by atoms with E-state index in [0.29, 0.717) is 18.3 Å². The summed E-state index contributed by atoms with van der Waals surface area (Å²) in [5.41, 5.74) is 6.50. The van der Waals surface area contributed by atoms with Crippen molar-refractivity contribution in [1.82, 2.24) is 20.4 Å². The van der Waals surface area contributed by atoms with Crippen LogP contribution >= 0.6 is 12.2 Å². The lowest BCUT2D eigenvalue weighted by atomic mass is 9.92. The minimum Gasteiger partial charge on any atom is -0.494 e. The Morgan fingerprint density at radius 1 is 1.03 bits per heavy atom. The number of unbranched alkanes of at least 4 members (excludes halogenated alkanes) is 2. The highest BCUT2D eigenvalue weighted by Crippen LogP contribution is 2.38. The zero-order chi connectivity index (χ0) is 24.9. The Kier molecular flexibility index (Phi) is 7.86. The summed E-state index contributed by atoms with van der Waals surface area (Å²) in [5.74, 6) is 1.87. The fraction of sp³-hybridized carbons (Fsp3) is 0.393. The van der Waals surface area contributed by atoms with Gasteiger partial charge in [-0.1, -0.05) is 43.1 Å². The number of allylic oxidation sites excluding steroid dienone is 1. The van der Waals surface area contributed by atoms with E-state index in [2.05, 4.69) is 61.3 Å². The van der Waals surface area contributed by atoms with E-state index in [1.54, 1.807) is 0 Å². The first-order valence-electron chi connectivity index (χ1n) is 12.4. The first-order chi connectivity index (χ1) is 16.9. The van der Waals surface area contributed by atoms with Gasteiger partial charge in [0.05, 0.1) is 18.2 Å². The molecule has 1 aliphatic rings. The Bertz CT molecular complexity index is 1220. The molecule has 1 aliphatic heterocycles. The van der Waals surface area contributed by atoms with Crippen LogP contribution in [0.4, 0.5) is 0 Å². The highest BCUT2D eigenvalue weighted by Gasteiger charge is 2.34. The van der Waals surface area contributed by atoms with Crippen LogP contribution in [0.15, 0.2) is 52.7 Å². The summed E-state index contributed by atoms with van der Waals surface area (Å²) in [6.07, 6.45) is 3.38. The van der Waals surface area contributed by atoms with E-state index < -0.39 is 0 Å². The number of hydrogen-bond donors (Lipinski definition) is 1. The number of nitrogens with zero attached hydrogens (tertiary/aromatic N) is 3. The van der Waals surface area contributed by atoms with E-state index in [4.69, 9.17) is 26.5 Å². The Morgan fingerprint density at radius 3 is 2.49 bits per heavy atom. The maximum atomic E-state index is 5.86. The minimum absolute atomic E-state index is 0.169. The quantitative estimate of drug-likeness (QED) is 0.268. The average Bonchev–Trinajstić information content (AvgIpc) is 3.33. The van der Waals surface area contributed by atoms with Gasteiger partial charge in [0, 0.05) is 17.8 Å². The molecule has 6 nitrogen and oxygen atoms in total. The molecule has 1 unspecified atom stereocenters. The molecule has 4 rings (SSSR count). The molecule has 0 saturated carbocycles. The third-order valence-electron chi connectivity index (χ3n) is 6.53.